The standard InChI is InChI=1S/C27H36F2N2O2.C25H34F2N2O.C2H3ClO/c1-19(32)31-12-6-11-27(18-31,22-8-5-7-21(15-22)26(2,3)4)30-17-25(33)10-9-20-13-23(28)16-24(29)14-20;1-24(2,3)19-6-4-7-20(14-19)25(10-5-11-28-17-25)29-16-23(30)9-8-18-12-21(26)15-22(27)13-18;1-2(3)4/h5,7-8,13-16,25,30,33H,6,9-12,17-18H2,1-4H3;4,6-7,12-15,23,28-30H,5,8-11,16-17H2,1-3H3;1H3. The van der Waals surface area contributed by atoms with Crippen LogP contribution in [0.1, 0.15) is 127 Å². The molecular formula is C54H73ClF4N4O4. The molecule has 0 saturated carbocycles. The molecule has 0 bridgehead atoms. The molecule has 0 radical (unpaired) electrons. The van der Waals surface area contributed by atoms with Crippen LogP contribution in [0.5, 0.6) is 0 Å². The van der Waals surface area contributed by atoms with Gasteiger partial charge >= 0.3 is 0 Å². The maximum atomic E-state index is 13.5. The molecule has 0 aliphatic carbocycles. The fourth-order valence-electron chi connectivity index (χ4n) is 8.79. The predicted molar refractivity (Wildman–Crippen MR) is 261 cm³/mol. The molecule has 1 amide bonds. The lowest BCUT2D eigenvalue weighted by molar-refractivity contribution is -0.131. The van der Waals surface area contributed by atoms with Gasteiger partial charge in [0.2, 0.25) is 11.1 Å². The maximum absolute atomic E-state index is 13.5. The van der Waals surface area contributed by atoms with Gasteiger partial charge in [-0.3, -0.25) is 9.59 Å². The Bertz CT molecular complexity index is 2180. The Morgan fingerprint density at radius 1 is 0.687 bits per heavy atom. The Balaban J connectivity index is 0.000000272. The molecule has 2 heterocycles. The highest BCUT2D eigenvalue weighted by Gasteiger charge is 2.39. The molecule has 13 heteroatoms. The molecule has 2 aliphatic rings. The maximum Gasteiger partial charge on any atom is 0.219 e. The van der Waals surface area contributed by atoms with Gasteiger partial charge in [0.15, 0.2) is 0 Å². The van der Waals surface area contributed by atoms with Crippen LogP contribution in [0.25, 0.3) is 0 Å². The molecule has 2 fully saturated rings. The average molecular weight is 954 g/mol. The van der Waals surface area contributed by atoms with E-state index in [9.17, 15) is 37.4 Å². The van der Waals surface area contributed by atoms with E-state index in [-0.39, 0.29) is 27.5 Å². The topological polar surface area (TPSA) is 114 Å². The highest BCUT2D eigenvalue weighted by atomic mass is 35.5. The highest BCUT2D eigenvalue weighted by Crippen LogP contribution is 2.35. The summed E-state index contributed by atoms with van der Waals surface area (Å²) in [6, 6.07) is 24.2. The van der Waals surface area contributed by atoms with Crippen molar-refractivity contribution in [1.29, 1.82) is 0 Å². The van der Waals surface area contributed by atoms with Crippen molar-refractivity contribution in [2.45, 2.75) is 141 Å². The van der Waals surface area contributed by atoms with Crippen LogP contribution in [0.3, 0.4) is 0 Å². The Kier molecular flexibility index (Phi) is 20.6. The quantitative estimate of drug-likeness (QED) is 0.0632. The van der Waals surface area contributed by atoms with Crippen LogP contribution in [0.15, 0.2) is 84.9 Å². The number of nitrogens with one attached hydrogen (secondary N) is 3. The first-order chi connectivity index (χ1) is 31.4. The van der Waals surface area contributed by atoms with Crippen LogP contribution in [0, 0.1) is 23.3 Å². The number of hydrogen-bond donors (Lipinski definition) is 5. The lowest BCUT2D eigenvalue weighted by Gasteiger charge is -2.44. The zero-order valence-corrected chi connectivity index (χ0v) is 41.4. The molecule has 67 heavy (non-hydrogen) atoms. The molecule has 4 aromatic carbocycles. The van der Waals surface area contributed by atoms with Gasteiger partial charge in [-0.1, -0.05) is 90.1 Å². The number of aliphatic hydroxyl groups excluding tert-OH is 2. The summed E-state index contributed by atoms with van der Waals surface area (Å²) in [4.78, 5) is 23.3. The van der Waals surface area contributed by atoms with Gasteiger partial charge in [-0.25, -0.2) is 17.6 Å². The minimum atomic E-state index is -0.688. The van der Waals surface area contributed by atoms with E-state index >= 15 is 0 Å². The molecule has 0 aromatic heterocycles. The first-order valence-corrected chi connectivity index (χ1v) is 23.9. The molecule has 0 spiro atoms. The molecular weight excluding hydrogens is 880 g/mol. The van der Waals surface area contributed by atoms with Gasteiger partial charge in [0.1, 0.15) is 23.3 Å². The van der Waals surface area contributed by atoms with Crippen molar-refractivity contribution >= 4 is 22.8 Å². The van der Waals surface area contributed by atoms with Gasteiger partial charge in [-0.15, -0.1) is 0 Å². The monoisotopic (exact) mass is 953 g/mol. The summed E-state index contributed by atoms with van der Waals surface area (Å²) >= 11 is 4.64. The number of carbonyl (C=O) groups is 2. The van der Waals surface area contributed by atoms with Crippen LogP contribution in [-0.2, 0) is 44.3 Å². The van der Waals surface area contributed by atoms with E-state index in [1.165, 1.54) is 47.9 Å². The summed E-state index contributed by atoms with van der Waals surface area (Å²) < 4.78 is 53.7. The smallest absolute Gasteiger partial charge is 0.219 e. The SMILES string of the molecule is CC(=O)Cl.CC(=O)N1CCCC(NCC(O)CCc2cc(F)cc(F)c2)(c2cccc(C(C)(C)C)c2)C1.CC(C)(C)c1cccc(C2(NCC(O)CCc3cc(F)cc(F)c3)CCCNC2)c1. The molecule has 2 saturated heterocycles. The first-order valence-electron chi connectivity index (χ1n) is 23.5. The van der Waals surface area contributed by atoms with Gasteiger partial charge < -0.3 is 31.1 Å². The van der Waals surface area contributed by atoms with E-state index in [4.69, 9.17) is 0 Å². The van der Waals surface area contributed by atoms with E-state index in [1.807, 2.05) is 4.90 Å². The molecule has 8 nitrogen and oxygen atoms in total. The molecule has 5 N–H and O–H groups in total. The second-order valence-electron chi connectivity index (χ2n) is 20.3. The Labute approximate surface area is 401 Å². The Hall–Kier alpha value is -4.17. The second-order valence-corrected chi connectivity index (χ2v) is 20.9. The summed E-state index contributed by atoms with van der Waals surface area (Å²) in [7, 11) is 0. The van der Waals surface area contributed by atoms with Gasteiger partial charge in [-0.05, 0) is 138 Å². The van der Waals surface area contributed by atoms with Crippen LogP contribution in [0.2, 0.25) is 0 Å². The van der Waals surface area contributed by atoms with Gasteiger partial charge in [0, 0.05) is 58.7 Å². The Morgan fingerprint density at radius 3 is 1.51 bits per heavy atom. The summed E-state index contributed by atoms with van der Waals surface area (Å²) in [6.07, 6.45) is 4.13. The number of halogens is 5. The number of likely N-dealkylation sites (tertiary alicyclic amines) is 1. The first kappa shape index (κ1) is 55.4. The van der Waals surface area contributed by atoms with Gasteiger partial charge in [0.25, 0.3) is 0 Å². The van der Waals surface area contributed by atoms with E-state index in [0.717, 1.165) is 63.0 Å². The summed E-state index contributed by atoms with van der Waals surface area (Å²) in [5.41, 5.74) is 5.32. The Morgan fingerprint density at radius 2 is 1.10 bits per heavy atom. The predicted octanol–water partition coefficient (Wildman–Crippen LogP) is 9.88. The third-order valence-corrected chi connectivity index (χ3v) is 12.6. The summed E-state index contributed by atoms with van der Waals surface area (Å²) in [5, 5.41) is 31.6. The van der Waals surface area contributed by atoms with E-state index in [2.05, 4.69) is 118 Å². The van der Waals surface area contributed by atoms with E-state index < -0.39 is 41.0 Å². The van der Waals surface area contributed by atoms with Crippen molar-refractivity contribution in [2.24, 2.45) is 0 Å². The van der Waals surface area contributed by atoms with Crippen molar-refractivity contribution in [3.8, 4) is 0 Å². The molecule has 4 aromatic rings. The zero-order chi connectivity index (χ0) is 49.6. The molecule has 2 aliphatic heterocycles. The number of piperidine rings is 2. The minimum Gasteiger partial charge on any atom is -0.392 e. The van der Waals surface area contributed by atoms with Crippen LogP contribution >= 0.6 is 11.6 Å². The normalized spacial score (nSPS) is 19.6. The molecule has 6 rings (SSSR count). The highest BCUT2D eigenvalue weighted by molar-refractivity contribution is 6.62. The molecule has 368 valence electrons. The van der Waals surface area contributed by atoms with Crippen LogP contribution in [0.4, 0.5) is 17.6 Å². The van der Waals surface area contributed by atoms with Crippen LogP contribution < -0.4 is 16.0 Å². The fraction of sp³-hybridized carbons (Fsp3) is 0.519. The summed E-state index contributed by atoms with van der Waals surface area (Å²) in [5.74, 6) is -2.34. The third-order valence-electron chi connectivity index (χ3n) is 12.6. The number of rotatable bonds is 14. The van der Waals surface area contributed by atoms with Crippen molar-refractivity contribution < 1.29 is 37.4 Å². The molecule has 4 unspecified atom stereocenters. The van der Waals surface area contributed by atoms with E-state index in [0.29, 0.717) is 56.4 Å². The third kappa shape index (κ3) is 17.7. The average Bonchev–Trinajstić information content (AvgIpc) is 3.25. The van der Waals surface area contributed by atoms with Gasteiger partial charge in [0.05, 0.1) is 23.3 Å². The summed E-state index contributed by atoms with van der Waals surface area (Å²) in [6.45, 7) is 19.9. The van der Waals surface area contributed by atoms with Crippen LogP contribution in [-0.4, -0.2) is 77.7 Å². The number of aliphatic hydroxyl groups is 2. The lowest BCUT2D eigenvalue weighted by atomic mass is 9.78. The molecule has 4 atom stereocenters. The number of hydrogen-bond acceptors (Lipinski definition) is 7. The number of nitrogens with zero attached hydrogens (tertiary/aromatic N) is 1. The van der Waals surface area contributed by atoms with Crippen molar-refractivity contribution in [2.75, 3.05) is 39.3 Å². The number of carbonyl (C=O) groups excluding carboxylic acids is 2. The number of amides is 1. The second kappa shape index (κ2) is 24.9. The lowest BCUT2D eigenvalue weighted by Crippen LogP contribution is -2.57. The van der Waals surface area contributed by atoms with Gasteiger partial charge in [-0.2, -0.15) is 0 Å². The van der Waals surface area contributed by atoms with Crippen molar-refractivity contribution in [3.05, 3.63) is 142 Å². The fourth-order valence-corrected chi connectivity index (χ4v) is 8.79. The largest absolute Gasteiger partial charge is 0.392 e. The van der Waals surface area contributed by atoms with Crippen molar-refractivity contribution in [3.63, 3.8) is 0 Å². The number of benzene rings is 4. The van der Waals surface area contributed by atoms with Crippen molar-refractivity contribution in [1.82, 2.24) is 20.9 Å². The number of aryl methyl sites for hydroxylation is 2. The van der Waals surface area contributed by atoms with E-state index in [1.54, 1.807) is 6.92 Å². The minimum absolute atomic E-state index is 0.00806. The zero-order valence-electron chi connectivity index (χ0n) is 40.7.